The molecule has 4 amide bonds. The summed E-state index contributed by atoms with van der Waals surface area (Å²) in [5.74, 6) is -2.08. The Labute approximate surface area is 216 Å². The summed E-state index contributed by atoms with van der Waals surface area (Å²) in [5, 5.41) is 2.68. The second kappa shape index (κ2) is 10.2. The number of barbiturate groups is 1. The third-order valence-corrected chi connectivity index (χ3v) is 5.86. The Kier molecular flexibility index (Phi) is 7.10. The highest BCUT2D eigenvalue weighted by Gasteiger charge is 2.37. The van der Waals surface area contributed by atoms with Gasteiger partial charge in [-0.2, -0.15) is 0 Å². The number of aryl methyl sites for hydroxylation is 1. The van der Waals surface area contributed by atoms with Crippen LogP contribution in [0.5, 0.6) is 11.5 Å². The van der Waals surface area contributed by atoms with Crippen molar-refractivity contribution in [2.45, 2.75) is 6.92 Å². The average molecular weight is 525 g/mol. The van der Waals surface area contributed by atoms with Gasteiger partial charge in [0.25, 0.3) is 11.8 Å². The maximum atomic E-state index is 13.1. The molecule has 1 N–H and O–H groups in total. The van der Waals surface area contributed by atoms with Crippen LogP contribution in [0, 0.1) is 6.92 Å². The molecule has 1 aliphatic heterocycles. The van der Waals surface area contributed by atoms with Crippen LogP contribution in [0.2, 0.25) is 10.0 Å². The summed E-state index contributed by atoms with van der Waals surface area (Å²) in [4.78, 5) is 51.5. The van der Waals surface area contributed by atoms with Crippen molar-refractivity contribution in [1.82, 2.24) is 5.32 Å². The van der Waals surface area contributed by atoms with Gasteiger partial charge in [0.2, 0.25) is 0 Å². The van der Waals surface area contributed by atoms with Gasteiger partial charge in [0.1, 0.15) is 5.57 Å². The van der Waals surface area contributed by atoms with Crippen LogP contribution in [0.1, 0.15) is 21.5 Å². The summed E-state index contributed by atoms with van der Waals surface area (Å²) < 4.78 is 10.7. The van der Waals surface area contributed by atoms with Crippen molar-refractivity contribution in [2.75, 3.05) is 12.0 Å². The molecule has 0 atom stereocenters. The Morgan fingerprint density at radius 1 is 0.972 bits per heavy atom. The van der Waals surface area contributed by atoms with Crippen molar-refractivity contribution in [3.8, 4) is 11.5 Å². The predicted molar refractivity (Wildman–Crippen MR) is 135 cm³/mol. The summed E-state index contributed by atoms with van der Waals surface area (Å²) in [6, 6.07) is 14.8. The minimum Gasteiger partial charge on any atom is -0.493 e. The summed E-state index contributed by atoms with van der Waals surface area (Å²) in [6.45, 7) is 1.75. The van der Waals surface area contributed by atoms with Crippen molar-refractivity contribution < 1.29 is 28.7 Å². The Morgan fingerprint density at radius 3 is 2.42 bits per heavy atom. The van der Waals surface area contributed by atoms with Crippen LogP contribution in [0.15, 0.2) is 66.2 Å². The van der Waals surface area contributed by atoms with Crippen LogP contribution >= 0.6 is 23.2 Å². The fraction of sp³-hybridized carbons (Fsp3) is 0.0769. The number of nitrogens with zero attached hydrogens (tertiary/aromatic N) is 1. The standard InChI is InChI=1S/C26H18Cl2N2O6/c1-14-5-3-4-6-20(14)30-24(32)18(23(31)29-26(30)34)11-15-7-10-21(22(12-15)35-2)36-25(33)17-9-8-16(27)13-19(17)28/h3-13H,1-2H3,(H,29,31,34)/b18-11+. The number of rotatable bonds is 5. The number of hydrogen-bond donors (Lipinski definition) is 1. The molecule has 4 rings (SSSR count). The molecule has 3 aromatic rings. The van der Waals surface area contributed by atoms with Crippen LogP contribution in [0.25, 0.3) is 6.08 Å². The fourth-order valence-corrected chi connectivity index (χ4v) is 4.01. The van der Waals surface area contributed by atoms with Gasteiger partial charge in [-0.15, -0.1) is 0 Å². The number of esters is 1. The van der Waals surface area contributed by atoms with E-state index in [1.807, 2.05) is 0 Å². The van der Waals surface area contributed by atoms with Crippen molar-refractivity contribution in [1.29, 1.82) is 0 Å². The number of ether oxygens (including phenoxy) is 2. The number of nitrogens with one attached hydrogen (secondary N) is 1. The van der Waals surface area contributed by atoms with Crippen molar-refractivity contribution in [3.05, 3.63) is 93.0 Å². The summed E-state index contributed by atoms with van der Waals surface area (Å²) in [7, 11) is 1.37. The maximum absolute atomic E-state index is 13.1. The third kappa shape index (κ3) is 4.95. The van der Waals surface area contributed by atoms with Gasteiger partial charge in [-0.3, -0.25) is 14.9 Å². The quantitative estimate of drug-likeness (QED) is 0.213. The first-order chi connectivity index (χ1) is 17.2. The Hall–Kier alpha value is -4.14. The Balaban J connectivity index is 1.64. The molecule has 3 aromatic carbocycles. The van der Waals surface area contributed by atoms with Crippen molar-refractivity contribution in [3.63, 3.8) is 0 Å². The Morgan fingerprint density at radius 2 is 1.72 bits per heavy atom. The van der Waals surface area contributed by atoms with E-state index in [0.29, 0.717) is 21.8 Å². The number of para-hydroxylation sites is 1. The number of imide groups is 2. The van der Waals surface area contributed by atoms with E-state index in [1.165, 1.54) is 49.6 Å². The Bertz CT molecular complexity index is 1450. The molecule has 0 saturated carbocycles. The molecule has 36 heavy (non-hydrogen) atoms. The van der Waals surface area contributed by atoms with Gasteiger partial charge in [0.05, 0.1) is 23.4 Å². The molecule has 1 saturated heterocycles. The second-order valence-corrected chi connectivity index (χ2v) is 8.51. The van der Waals surface area contributed by atoms with Crippen LogP contribution in [-0.2, 0) is 9.59 Å². The number of amides is 4. The highest BCUT2D eigenvalue weighted by molar-refractivity contribution is 6.39. The number of urea groups is 1. The molecule has 0 spiro atoms. The molecule has 1 fully saturated rings. The molecule has 0 aliphatic carbocycles. The van der Waals surface area contributed by atoms with Crippen molar-refractivity contribution in [2.24, 2.45) is 0 Å². The van der Waals surface area contributed by atoms with Crippen LogP contribution in [-0.4, -0.2) is 30.9 Å². The minimum absolute atomic E-state index is 0.0896. The number of hydrogen-bond acceptors (Lipinski definition) is 6. The topological polar surface area (TPSA) is 102 Å². The lowest BCUT2D eigenvalue weighted by molar-refractivity contribution is -0.122. The summed E-state index contributed by atoms with van der Waals surface area (Å²) >= 11 is 12.0. The van der Waals surface area contributed by atoms with Gasteiger partial charge >= 0.3 is 12.0 Å². The lowest BCUT2D eigenvalue weighted by atomic mass is 10.1. The average Bonchev–Trinajstić information content (AvgIpc) is 2.83. The molecule has 0 unspecified atom stereocenters. The van der Waals surface area contributed by atoms with Gasteiger partial charge in [-0.05, 0) is 60.5 Å². The van der Waals surface area contributed by atoms with Gasteiger partial charge in [0, 0.05) is 5.02 Å². The number of methoxy groups -OCH3 is 1. The second-order valence-electron chi connectivity index (χ2n) is 7.67. The number of carbonyl (C=O) groups is 4. The fourth-order valence-electron chi connectivity index (χ4n) is 3.53. The van der Waals surface area contributed by atoms with Gasteiger partial charge in [-0.1, -0.05) is 47.5 Å². The number of halogens is 2. The molecule has 1 heterocycles. The van der Waals surface area contributed by atoms with E-state index in [9.17, 15) is 19.2 Å². The van der Waals surface area contributed by atoms with Crippen LogP contribution in [0.3, 0.4) is 0 Å². The smallest absolute Gasteiger partial charge is 0.345 e. The van der Waals surface area contributed by atoms with Crippen molar-refractivity contribution >= 4 is 58.8 Å². The highest BCUT2D eigenvalue weighted by Crippen LogP contribution is 2.32. The molecule has 1 aliphatic rings. The van der Waals surface area contributed by atoms with Gasteiger partial charge < -0.3 is 9.47 Å². The zero-order valence-corrected chi connectivity index (χ0v) is 20.5. The van der Waals surface area contributed by atoms with Gasteiger partial charge in [0.15, 0.2) is 11.5 Å². The zero-order valence-electron chi connectivity index (χ0n) is 19.0. The summed E-state index contributed by atoms with van der Waals surface area (Å²) in [6.07, 6.45) is 1.32. The molecule has 0 aromatic heterocycles. The lowest BCUT2D eigenvalue weighted by Gasteiger charge is -2.27. The first-order valence-corrected chi connectivity index (χ1v) is 11.3. The number of carbonyl (C=O) groups excluding carboxylic acids is 4. The third-order valence-electron chi connectivity index (χ3n) is 5.31. The van der Waals surface area contributed by atoms with E-state index in [-0.39, 0.29) is 27.7 Å². The monoisotopic (exact) mass is 524 g/mol. The molecular weight excluding hydrogens is 507 g/mol. The minimum atomic E-state index is -0.836. The van der Waals surface area contributed by atoms with E-state index in [2.05, 4.69) is 5.32 Å². The van der Waals surface area contributed by atoms with E-state index in [1.54, 1.807) is 31.2 Å². The van der Waals surface area contributed by atoms with Gasteiger partial charge in [-0.25, -0.2) is 14.5 Å². The SMILES string of the molecule is COc1cc(/C=C2\C(=O)NC(=O)N(c3ccccc3C)C2=O)ccc1OC(=O)c1ccc(Cl)cc1Cl. The molecule has 182 valence electrons. The predicted octanol–water partition coefficient (Wildman–Crippen LogP) is 5.20. The molecular formula is C26H18Cl2N2O6. The normalized spacial score (nSPS) is 14.6. The lowest BCUT2D eigenvalue weighted by Crippen LogP contribution is -2.54. The van der Waals surface area contributed by atoms with E-state index < -0.39 is 23.8 Å². The molecule has 10 heteroatoms. The number of anilines is 1. The van der Waals surface area contributed by atoms with E-state index >= 15 is 0 Å². The van der Waals surface area contributed by atoms with Crippen LogP contribution in [0.4, 0.5) is 10.5 Å². The van der Waals surface area contributed by atoms with E-state index in [4.69, 9.17) is 32.7 Å². The maximum Gasteiger partial charge on any atom is 0.345 e. The zero-order chi connectivity index (χ0) is 26.0. The first kappa shape index (κ1) is 25.0. The highest BCUT2D eigenvalue weighted by atomic mass is 35.5. The molecule has 8 nitrogen and oxygen atoms in total. The molecule has 0 radical (unpaired) electrons. The molecule has 0 bridgehead atoms. The summed E-state index contributed by atoms with van der Waals surface area (Å²) in [5.41, 5.74) is 1.30. The largest absolute Gasteiger partial charge is 0.493 e. The van der Waals surface area contributed by atoms with Crippen LogP contribution < -0.4 is 19.7 Å². The number of benzene rings is 3. The van der Waals surface area contributed by atoms with E-state index in [0.717, 1.165) is 4.90 Å². The first-order valence-electron chi connectivity index (χ1n) is 10.5.